The maximum atomic E-state index is 11.7. The van der Waals surface area contributed by atoms with Gasteiger partial charge in [0.1, 0.15) is 0 Å². The summed E-state index contributed by atoms with van der Waals surface area (Å²) in [7, 11) is 0. The molecule has 2 N–H and O–H groups in total. The second-order valence-electron chi connectivity index (χ2n) is 4.12. The molecule has 0 aliphatic carbocycles. The van der Waals surface area contributed by atoms with Gasteiger partial charge in [-0.1, -0.05) is 0 Å². The summed E-state index contributed by atoms with van der Waals surface area (Å²) in [5.41, 5.74) is 2.94. The lowest BCUT2D eigenvalue weighted by Gasteiger charge is -2.04. The number of rotatable bonds is 5. The van der Waals surface area contributed by atoms with Crippen molar-refractivity contribution in [1.82, 2.24) is 20.5 Å². The van der Waals surface area contributed by atoms with Gasteiger partial charge in [-0.05, 0) is 37.5 Å². The molecule has 0 radical (unpaired) electrons. The van der Waals surface area contributed by atoms with Gasteiger partial charge >= 0.3 is 0 Å². The molecule has 0 fully saturated rings. The van der Waals surface area contributed by atoms with Crippen LogP contribution in [0.3, 0.4) is 0 Å². The summed E-state index contributed by atoms with van der Waals surface area (Å²) in [4.78, 5) is 15.6. The third kappa shape index (κ3) is 3.16. The van der Waals surface area contributed by atoms with Gasteiger partial charge in [0.05, 0.1) is 6.20 Å². The minimum absolute atomic E-state index is 0.0543. The molecule has 0 saturated carbocycles. The van der Waals surface area contributed by atoms with Crippen molar-refractivity contribution in [2.75, 3.05) is 6.54 Å². The zero-order chi connectivity index (χ0) is 12.8. The number of nitrogens with zero attached hydrogens (tertiary/aromatic N) is 2. The first-order valence-corrected chi connectivity index (χ1v) is 5.94. The van der Waals surface area contributed by atoms with Crippen molar-refractivity contribution in [3.8, 4) is 0 Å². The highest BCUT2D eigenvalue weighted by atomic mass is 16.1. The Kier molecular flexibility index (Phi) is 4.06. The Hall–Kier alpha value is -2.17. The number of carbonyl (C=O) groups excluding carboxylic acids is 1. The van der Waals surface area contributed by atoms with E-state index < -0.39 is 0 Å². The largest absolute Gasteiger partial charge is 0.352 e. The zero-order valence-corrected chi connectivity index (χ0v) is 10.3. The molecule has 1 amide bonds. The highest BCUT2D eigenvalue weighted by Gasteiger charge is 2.04. The molecule has 2 aromatic rings. The van der Waals surface area contributed by atoms with Crippen molar-refractivity contribution in [3.05, 3.63) is 47.5 Å². The van der Waals surface area contributed by atoms with Crippen LogP contribution in [0.5, 0.6) is 0 Å². The number of aromatic amines is 1. The summed E-state index contributed by atoms with van der Waals surface area (Å²) in [5.74, 6) is -0.0543. The van der Waals surface area contributed by atoms with Gasteiger partial charge in [0, 0.05) is 30.2 Å². The number of aromatic nitrogens is 3. The molecule has 2 rings (SSSR count). The van der Waals surface area contributed by atoms with Crippen LogP contribution in [0.25, 0.3) is 0 Å². The molecule has 0 unspecified atom stereocenters. The molecule has 0 aromatic carbocycles. The van der Waals surface area contributed by atoms with Gasteiger partial charge in [-0.15, -0.1) is 0 Å². The van der Waals surface area contributed by atoms with Crippen LogP contribution in [0.2, 0.25) is 0 Å². The Morgan fingerprint density at radius 2 is 2.17 bits per heavy atom. The van der Waals surface area contributed by atoms with Crippen molar-refractivity contribution in [3.63, 3.8) is 0 Å². The first-order chi connectivity index (χ1) is 8.77. The molecular weight excluding hydrogens is 228 g/mol. The smallest absolute Gasteiger partial charge is 0.251 e. The van der Waals surface area contributed by atoms with Crippen molar-refractivity contribution >= 4 is 5.91 Å². The van der Waals surface area contributed by atoms with E-state index in [0.717, 1.165) is 18.5 Å². The van der Waals surface area contributed by atoms with Crippen LogP contribution in [0.1, 0.15) is 28.0 Å². The number of pyridine rings is 1. The van der Waals surface area contributed by atoms with Gasteiger partial charge in [0.15, 0.2) is 0 Å². The number of hydrogen-bond acceptors (Lipinski definition) is 3. The maximum absolute atomic E-state index is 11.7. The number of hydrogen-bond donors (Lipinski definition) is 2. The van der Waals surface area contributed by atoms with Crippen LogP contribution < -0.4 is 5.32 Å². The molecular formula is C13H16N4O. The zero-order valence-electron chi connectivity index (χ0n) is 10.3. The van der Waals surface area contributed by atoms with E-state index in [9.17, 15) is 4.79 Å². The van der Waals surface area contributed by atoms with Gasteiger partial charge in [-0.3, -0.25) is 14.9 Å². The van der Waals surface area contributed by atoms with Crippen LogP contribution >= 0.6 is 0 Å². The first kappa shape index (κ1) is 12.3. The number of carbonyl (C=O) groups is 1. The number of nitrogens with one attached hydrogen (secondary N) is 2. The second-order valence-corrected chi connectivity index (χ2v) is 4.12. The lowest BCUT2D eigenvalue weighted by molar-refractivity contribution is 0.0953. The molecule has 2 aromatic heterocycles. The first-order valence-electron chi connectivity index (χ1n) is 5.94. The summed E-state index contributed by atoms with van der Waals surface area (Å²) in [6, 6.07) is 3.41. The highest BCUT2D eigenvalue weighted by molar-refractivity contribution is 5.93. The second kappa shape index (κ2) is 5.95. The SMILES string of the molecule is Cc1[nH]ncc1CCCNC(=O)c1ccncc1. The van der Waals surface area contributed by atoms with Gasteiger partial charge in [0.2, 0.25) is 0 Å². The van der Waals surface area contributed by atoms with Crippen molar-refractivity contribution in [2.45, 2.75) is 19.8 Å². The van der Waals surface area contributed by atoms with Crippen molar-refractivity contribution in [2.24, 2.45) is 0 Å². The van der Waals surface area contributed by atoms with Gasteiger partial charge in [0.25, 0.3) is 5.91 Å². The van der Waals surface area contributed by atoms with Crippen molar-refractivity contribution in [1.29, 1.82) is 0 Å². The van der Waals surface area contributed by atoms with Crippen LogP contribution in [0.4, 0.5) is 0 Å². The van der Waals surface area contributed by atoms with Crippen LogP contribution in [-0.4, -0.2) is 27.6 Å². The summed E-state index contributed by atoms with van der Waals surface area (Å²) in [6.07, 6.45) is 6.88. The van der Waals surface area contributed by atoms with Gasteiger partial charge < -0.3 is 5.32 Å². The fourth-order valence-electron chi connectivity index (χ4n) is 1.71. The van der Waals surface area contributed by atoms with Crippen LogP contribution in [0, 0.1) is 6.92 Å². The average Bonchev–Trinajstić information content (AvgIpc) is 2.81. The van der Waals surface area contributed by atoms with E-state index in [4.69, 9.17) is 0 Å². The molecule has 0 atom stereocenters. The molecule has 0 spiro atoms. The highest BCUT2D eigenvalue weighted by Crippen LogP contribution is 2.05. The van der Waals surface area contributed by atoms with Gasteiger partial charge in [-0.2, -0.15) is 5.10 Å². The predicted molar refractivity (Wildman–Crippen MR) is 68.2 cm³/mol. The number of H-pyrrole nitrogens is 1. The number of amides is 1. The minimum atomic E-state index is -0.0543. The lowest BCUT2D eigenvalue weighted by Crippen LogP contribution is -2.24. The van der Waals surface area contributed by atoms with Crippen LogP contribution in [0.15, 0.2) is 30.7 Å². The topological polar surface area (TPSA) is 70.7 Å². The third-order valence-corrected chi connectivity index (χ3v) is 2.79. The molecule has 0 aliphatic rings. The van der Waals surface area contributed by atoms with E-state index >= 15 is 0 Å². The van der Waals surface area contributed by atoms with E-state index in [0.29, 0.717) is 12.1 Å². The van der Waals surface area contributed by atoms with Crippen molar-refractivity contribution < 1.29 is 4.79 Å². The molecule has 0 saturated heterocycles. The standard InChI is InChI=1S/C13H16N4O/c1-10-12(9-16-17-10)3-2-6-15-13(18)11-4-7-14-8-5-11/h4-5,7-9H,2-3,6H2,1H3,(H,15,18)(H,16,17). The Bertz CT molecular complexity index is 507. The number of aryl methyl sites for hydroxylation is 2. The molecule has 94 valence electrons. The Morgan fingerprint density at radius 3 is 2.83 bits per heavy atom. The lowest BCUT2D eigenvalue weighted by atomic mass is 10.1. The summed E-state index contributed by atoms with van der Waals surface area (Å²) >= 11 is 0. The molecule has 18 heavy (non-hydrogen) atoms. The van der Waals surface area contributed by atoms with E-state index in [2.05, 4.69) is 20.5 Å². The predicted octanol–water partition coefficient (Wildman–Crippen LogP) is 1.48. The Labute approximate surface area is 106 Å². The molecule has 0 bridgehead atoms. The van der Waals surface area contributed by atoms with E-state index in [1.165, 1.54) is 5.56 Å². The molecule has 5 heteroatoms. The maximum Gasteiger partial charge on any atom is 0.251 e. The monoisotopic (exact) mass is 244 g/mol. The average molecular weight is 244 g/mol. The fourth-order valence-corrected chi connectivity index (χ4v) is 1.71. The molecule has 2 heterocycles. The summed E-state index contributed by atoms with van der Waals surface area (Å²) in [5, 5.41) is 9.75. The summed E-state index contributed by atoms with van der Waals surface area (Å²) in [6.45, 7) is 2.66. The van der Waals surface area contributed by atoms with E-state index in [-0.39, 0.29) is 5.91 Å². The fraction of sp³-hybridized carbons (Fsp3) is 0.308. The van der Waals surface area contributed by atoms with E-state index in [1.807, 2.05) is 13.1 Å². The van der Waals surface area contributed by atoms with E-state index in [1.54, 1.807) is 24.5 Å². The third-order valence-electron chi connectivity index (χ3n) is 2.79. The quantitative estimate of drug-likeness (QED) is 0.782. The molecule has 0 aliphatic heterocycles. The Balaban J connectivity index is 1.73. The van der Waals surface area contributed by atoms with Gasteiger partial charge in [-0.25, -0.2) is 0 Å². The normalized spacial score (nSPS) is 10.3. The molecule has 5 nitrogen and oxygen atoms in total. The Morgan fingerprint density at radius 1 is 1.39 bits per heavy atom. The minimum Gasteiger partial charge on any atom is -0.352 e. The summed E-state index contributed by atoms with van der Waals surface area (Å²) < 4.78 is 0. The van der Waals surface area contributed by atoms with Crippen LogP contribution in [-0.2, 0) is 6.42 Å².